The van der Waals surface area contributed by atoms with E-state index < -0.39 is 0 Å². The Morgan fingerprint density at radius 1 is 0.895 bits per heavy atom. The van der Waals surface area contributed by atoms with Gasteiger partial charge in [0.25, 0.3) is 0 Å². The highest BCUT2D eigenvalue weighted by molar-refractivity contribution is 7.99. The fourth-order valence-electron chi connectivity index (χ4n) is 5.01. The van der Waals surface area contributed by atoms with Crippen molar-refractivity contribution < 1.29 is 4.74 Å². The van der Waals surface area contributed by atoms with Gasteiger partial charge in [0, 0.05) is 38.5 Å². The van der Waals surface area contributed by atoms with Crippen LogP contribution < -0.4 is 0 Å². The fraction of sp³-hybridized carbons (Fsp3) is 0.433. The van der Waals surface area contributed by atoms with E-state index in [9.17, 15) is 0 Å². The maximum atomic E-state index is 6.03. The van der Waals surface area contributed by atoms with Crippen LogP contribution in [0.4, 0.5) is 0 Å². The quantitative estimate of drug-likeness (QED) is 0.213. The first-order valence-electron chi connectivity index (χ1n) is 13.5. The van der Waals surface area contributed by atoms with Gasteiger partial charge in [-0.2, -0.15) is 0 Å². The summed E-state index contributed by atoms with van der Waals surface area (Å²) in [7, 11) is 0. The smallest absolute Gasteiger partial charge is 0.176 e. The Hall–Kier alpha value is -2.78. The van der Waals surface area contributed by atoms with Crippen molar-refractivity contribution in [1.82, 2.24) is 29.6 Å². The average molecular weight is 531 g/mol. The number of hydrogen-bond acceptors (Lipinski definition) is 7. The molecule has 8 heteroatoms. The molecule has 0 unspecified atom stereocenters. The molecule has 0 atom stereocenters. The molecule has 5 rings (SSSR count). The zero-order valence-electron chi connectivity index (χ0n) is 22.7. The monoisotopic (exact) mass is 530 g/mol. The van der Waals surface area contributed by atoms with Crippen molar-refractivity contribution >= 4 is 17.4 Å². The van der Waals surface area contributed by atoms with Gasteiger partial charge in [-0.15, -0.1) is 26.6 Å². The summed E-state index contributed by atoms with van der Waals surface area (Å²) >= 11 is 1.73. The number of piperazine rings is 1. The van der Waals surface area contributed by atoms with Crippen LogP contribution in [0, 0.1) is 0 Å². The highest BCUT2D eigenvalue weighted by Crippen LogP contribution is 2.32. The van der Waals surface area contributed by atoms with Gasteiger partial charge in [0.2, 0.25) is 0 Å². The molecule has 0 amide bonds. The van der Waals surface area contributed by atoms with Crippen molar-refractivity contribution in [3.63, 3.8) is 0 Å². The third kappa shape index (κ3) is 6.61. The molecule has 2 aromatic carbocycles. The molecule has 4 aromatic rings. The number of benzene rings is 2. The summed E-state index contributed by atoms with van der Waals surface area (Å²) in [6, 6.07) is 24.2. The third-order valence-electron chi connectivity index (χ3n) is 7.07. The summed E-state index contributed by atoms with van der Waals surface area (Å²) in [4.78, 5) is 9.43. The van der Waals surface area contributed by atoms with E-state index in [-0.39, 0.29) is 5.41 Å². The van der Waals surface area contributed by atoms with Crippen molar-refractivity contribution in [3.8, 4) is 0 Å². The van der Waals surface area contributed by atoms with Crippen LogP contribution in [0.5, 0.6) is 0 Å². The Morgan fingerprint density at radius 3 is 2.18 bits per heavy atom. The molecular weight excluding hydrogens is 492 g/mol. The van der Waals surface area contributed by atoms with Crippen LogP contribution in [0.15, 0.2) is 78.1 Å². The van der Waals surface area contributed by atoms with Gasteiger partial charge in [-0.25, -0.2) is 4.98 Å². The molecule has 2 aromatic heterocycles. The molecule has 1 saturated heterocycles. The summed E-state index contributed by atoms with van der Waals surface area (Å²) in [5.74, 6) is 0.861. The first kappa shape index (κ1) is 26.8. The van der Waals surface area contributed by atoms with Gasteiger partial charge in [-0.1, -0.05) is 81.4 Å². The van der Waals surface area contributed by atoms with E-state index in [0.29, 0.717) is 12.6 Å². The lowest BCUT2D eigenvalue weighted by Gasteiger charge is -2.39. The molecule has 0 radical (unpaired) electrons. The maximum absolute atomic E-state index is 6.03. The number of rotatable bonds is 10. The molecule has 0 spiro atoms. The topological polar surface area (TPSA) is 58.8 Å². The van der Waals surface area contributed by atoms with Gasteiger partial charge in [0.1, 0.15) is 11.4 Å². The van der Waals surface area contributed by atoms with E-state index in [0.717, 1.165) is 55.8 Å². The van der Waals surface area contributed by atoms with E-state index in [1.807, 2.05) is 0 Å². The minimum atomic E-state index is -0.00787. The van der Waals surface area contributed by atoms with Gasteiger partial charge in [0.15, 0.2) is 5.65 Å². The summed E-state index contributed by atoms with van der Waals surface area (Å²) in [5.41, 5.74) is 4.70. The van der Waals surface area contributed by atoms with Crippen LogP contribution in [-0.4, -0.2) is 81.3 Å². The van der Waals surface area contributed by atoms with Gasteiger partial charge in [0.05, 0.1) is 19.3 Å². The molecule has 200 valence electrons. The van der Waals surface area contributed by atoms with E-state index >= 15 is 0 Å². The van der Waals surface area contributed by atoms with Gasteiger partial charge >= 0.3 is 0 Å². The molecule has 7 nitrogen and oxygen atoms in total. The van der Waals surface area contributed by atoms with Crippen molar-refractivity contribution in [1.29, 1.82) is 0 Å². The maximum Gasteiger partial charge on any atom is 0.176 e. The Bertz CT molecular complexity index is 1240. The van der Waals surface area contributed by atoms with Crippen molar-refractivity contribution in [2.75, 3.05) is 51.7 Å². The summed E-state index contributed by atoms with van der Waals surface area (Å²) in [6.45, 7) is 13.3. The lowest BCUT2D eigenvalue weighted by atomic mass is 9.88. The number of aromatic nitrogens is 4. The minimum Gasteiger partial charge on any atom is -0.379 e. The van der Waals surface area contributed by atoms with Crippen LogP contribution in [0.25, 0.3) is 5.65 Å². The highest BCUT2D eigenvalue weighted by atomic mass is 32.2. The van der Waals surface area contributed by atoms with E-state index in [4.69, 9.17) is 9.84 Å². The molecule has 0 aliphatic carbocycles. The average Bonchev–Trinajstić information content (AvgIpc) is 3.39. The SMILES string of the molecule is CC(C)(C)c1cc2ncnn2nc1SCCOCCN1CCN(C(c2ccccc2)c2ccccc2)CC1. The van der Waals surface area contributed by atoms with Gasteiger partial charge < -0.3 is 4.74 Å². The van der Waals surface area contributed by atoms with Gasteiger partial charge in [-0.05, 0) is 28.2 Å². The first-order valence-corrected chi connectivity index (χ1v) is 14.5. The lowest BCUT2D eigenvalue weighted by Crippen LogP contribution is -2.48. The van der Waals surface area contributed by atoms with Gasteiger partial charge in [-0.3, -0.25) is 9.80 Å². The molecule has 1 aliphatic rings. The number of fused-ring (bicyclic) bond motifs is 1. The number of ether oxygens (including phenoxy) is 1. The van der Waals surface area contributed by atoms with Crippen LogP contribution in [0.3, 0.4) is 0 Å². The van der Waals surface area contributed by atoms with E-state index in [1.54, 1.807) is 22.7 Å². The van der Waals surface area contributed by atoms with Crippen LogP contribution in [0.2, 0.25) is 0 Å². The summed E-state index contributed by atoms with van der Waals surface area (Å²) < 4.78 is 7.64. The van der Waals surface area contributed by atoms with E-state index in [1.165, 1.54) is 16.7 Å². The first-order chi connectivity index (χ1) is 18.5. The number of nitrogens with zero attached hydrogens (tertiary/aromatic N) is 6. The largest absolute Gasteiger partial charge is 0.379 e. The zero-order chi connectivity index (χ0) is 26.4. The second-order valence-electron chi connectivity index (χ2n) is 10.8. The Kier molecular flexibility index (Phi) is 8.74. The predicted molar refractivity (Wildman–Crippen MR) is 154 cm³/mol. The molecule has 3 heterocycles. The predicted octanol–water partition coefficient (Wildman–Crippen LogP) is 4.94. The molecule has 0 bridgehead atoms. The Morgan fingerprint density at radius 2 is 1.55 bits per heavy atom. The van der Waals surface area contributed by atoms with Crippen LogP contribution in [0.1, 0.15) is 43.5 Å². The Balaban J connectivity index is 1.07. The van der Waals surface area contributed by atoms with E-state index in [2.05, 4.69) is 107 Å². The Labute approximate surface area is 230 Å². The number of hydrogen-bond donors (Lipinski definition) is 0. The van der Waals surface area contributed by atoms with Crippen molar-refractivity contribution in [2.24, 2.45) is 0 Å². The second-order valence-corrected chi connectivity index (χ2v) is 11.9. The molecule has 1 aliphatic heterocycles. The highest BCUT2D eigenvalue weighted by Gasteiger charge is 2.26. The molecule has 0 saturated carbocycles. The van der Waals surface area contributed by atoms with Crippen molar-refractivity contribution in [2.45, 2.75) is 37.3 Å². The minimum absolute atomic E-state index is 0.00787. The lowest BCUT2D eigenvalue weighted by molar-refractivity contribution is 0.0717. The summed E-state index contributed by atoms with van der Waals surface area (Å²) in [5, 5.41) is 9.90. The fourth-order valence-corrected chi connectivity index (χ4v) is 6.06. The molecular formula is C30H38N6OS. The standard InChI is InChI=1S/C30H38N6OS/c1-30(2,3)26-22-27-31-23-32-36(27)33-29(26)38-21-20-37-19-18-34-14-16-35(17-15-34)28(24-10-6-4-7-11-24)25-12-8-5-9-13-25/h4-13,22-23,28H,14-21H2,1-3H3. The van der Waals surface area contributed by atoms with Crippen LogP contribution in [-0.2, 0) is 10.2 Å². The molecule has 1 fully saturated rings. The molecule has 38 heavy (non-hydrogen) atoms. The van der Waals surface area contributed by atoms with Crippen molar-refractivity contribution in [3.05, 3.63) is 89.7 Å². The third-order valence-corrected chi connectivity index (χ3v) is 8.02. The number of thioether (sulfide) groups is 1. The molecule has 0 N–H and O–H groups in total. The second kappa shape index (κ2) is 12.4. The summed E-state index contributed by atoms with van der Waals surface area (Å²) in [6.07, 6.45) is 1.55. The zero-order valence-corrected chi connectivity index (χ0v) is 23.5. The normalized spacial score (nSPS) is 15.5. The van der Waals surface area contributed by atoms with Crippen LogP contribution >= 0.6 is 11.8 Å².